The fourth-order valence-electron chi connectivity index (χ4n) is 4.08. The molecule has 2 saturated carbocycles. The van der Waals surface area contributed by atoms with Gasteiger partial charge >= 0.3 is 0 Å². The number of hydrogen-bond acceptors (Lipinski definition) is 1. The van der Waals surface area contributed by atoms with Gasteiger partial charge in [-0.1, -0.05) is 26.0 Å². The molecular weight excluding hydrogens is 196 g/mol. The molecule has 2 aliphatic carbocycles. The van der Waals surface area contributed by atoms with Crippen LogP contribution in [-0.2, 0) is 4.79 Å². The van der Waals surface area contributed by atoms with Gasteiger partial charge in [0.1, 0.15) is 5.78 Å². The van der Waals surface area contributed by atoms with Crippen LogP contribution in [0.4, 0.5) is 0 Å². The monoisotopic (exact) mass is 220 g/mol. The highest BCUT2D eigenvalue weighted by Gasteiger charge is 2.46. The van der Waals surface area contributed by atoms with Crippen molar-refractivity contribution in [2.45, 2.75) is 46.5 Å². The third kappa shape index (κ3) is 1.85. The molecule has 2 fully saturated rings. The normalized spacial score (nSPS) is 38.9. The standard InChI is InChI=1S/C15H24O/c1-9(2)12-6-5-10(3)13-7-8-14(11(4)16)15(12)13/h9,12-15H,3,5-8H2,1-2,4H3/t12-,13-,14+,15-/m1/s1. The van der Waals surface area contributed by atoms with Crippen LogP contribution in [0.15, 0.2) is 12.2 Å². The summed E-state index contributed by atoms with van der Waals surface area (Å²) in [6.07, 6.45) is 4.75. The van der Waals surface area contributed by atoms with Crippen molar-refractivity contribution in [2.75, 3.05) is 0 Å². The average Bonchev–Trinajstić information content (AvgIpc) is 2.62. The summed E-state index contributed by atoms with van der Waals surface area (Å²) in [7, 11) is 0. The van der Waals surface area contributed by atoms with E-state index in [-0.39, 0.29) is 0 Å². The third-order valence-electron chi connectivity index (χ3n) is 4.91. The predicted octanol–water partition coefficient (Wildman–Crippen LogP) is 3.84. The maximum atomic E-state index is 11.7. The van der Waals surface area contributed by atoms with E-state index in [1.807, 2.05) is 0 Å². The van der Waals surface area contributed by atoms with E-state index in [0.717, 1.165) is 12.3 Å². The highest BCUT2D eigenvalue weighted by Crippen LogP contribution is 2.52. The Balaban J connectivity index is 2.25. The summed E-state index contributed by atoms with van der Waals surface area (Å²) in [6, 6.07) is 0. The average molecular weight is 220 g/mol. The summed E-state index contributed by atoms with van der Waals surface area (Å²) in [5, 5.41) is 0. The molecule has 0 aromatic carbocycles. The molecule has 0 bridgehead atoms. The van der Waals surface area contributed by atoms with Crippen molar-refractivity contribution in [3.05, 3.63) is 12.2 Å². The number of carbonyl (C=O) groups is 1. The van der Waals surface area contributed by atoms with Crippen molar-refractivity contribution in [3.63, 3.8) is 0 Å². The van der Waals surface area contributed by atoms with Gasteiger partial charge in [0.15, 0.2) is 0 Å². The molecule has 4 atom stereocenters. The quantitative estimate of drug-likeness (QED) is 0.646. The minimum atomic E-state index is 0.328. The van der Waals surface area contributed by atoms with Crippen LogP contribution in [-0.4, -0.2) is 5.78 Å². The number of carbonyl (C=O) groups excluding carboxylic acids is 1. The molecule has 1 nitrogen and oxygen atoms in total. The Morgan fingerprint density at radius 3 is 2.56 bits per heavy atom. The highest BCUT2D eigenvalue weighted by molar-refractivity contribution is 5.79. The summed E-state index contributed by atoms with van der Waals surface area (Å²) >= 11 is 0. The summed E-state index contributed by atoms with van der Waals surface area (Å²) in [5.41, 5.74) is 1.42. The lowest BCUT2D eigenvalue weighted by Crippen LogP contribution is -2.35. The zero-order valence-electron chi connectivity index (χ0n) is 10.8. The minimum absolute atomic E-state index is 0.328. The molecule has 2 rings (SSSR count). The Hall–Kier alpha value is -0.590. The summed E-state index contributed by atoms with van der Waals surface area (Å²) in [6.45, 7) is 10.6. The molecule has 0 amide bonds. The second-order valence-electron chi connectivity index (χ2n) is 6.08. The van der Waals surface area contributed by atoms with Gasteiger partial charge in [-0.05, 0) is 56.3 Å². The van der Waals surface area contributed by atoms with Gasteiger partial charge in [-0.3, -0.25) is 4.79 Å². The van der Waals surface area contributed by atoms with Gasteiger partial charge in [-0.25, -0.2) is 0 Å². The van der Waals surface area contributed by atoms with Gasteiger partial charge in [0.25, 0.3) is 0 Å². The van der Waals surface area contributed by atoms with Gasteiger partial charge in [-0.15, -0.1) is 0 Å². The van der Waals surface area contributed by atoms with E-state index in [1.54, 1.807) is 6.92 Å². The van der Waals surface area contributed by atoms with E-state index in [0.29, 0.717) is 29.5 Å². The molecule has 0 aromatic rings. The first kappa shape index (κ1) is 11.9. The van der Waals surface area contributed by atoms with Crippen molar-refractivity contribution in [1.82, 2.24) is 0 Å². The van der Waals surface area contributed by atoms with Crippen molar-refractivity contribution in [3.8, 4) is 0 Å². The van der Waals surface area contributed by atoms with E-state index in [4.69, 9.17) is 0 Å². The summed E-state index contributed by atoms with van der Waals surface area (Å²) < 4.78 is 0. The Morgan fingerprint density at radius 1 is 1.31 bits per heavy atom. The smallest absolute Gasteiger partial charge is 0.133 e. The summed E-state index contributed by atoms with van der Waals surface area (Å²) in [5.74, 6) is 3.45. The largest absolute Gasteiger partial charge is 0.300 e. The number of fused-ring (bicyclic) bond motifs is 1. The zero-order valence-corrected chi connectivity index (χ0v) is 10.8. The van der Waals surface area contributed by atoms with Gasteiger partial charge in [0.05, 0.1) is 0 Å². The van der Waals surface area contributed by atoms with Gasteiger partial charge in [0.2, 0.25) is 0 Å². The van der Waals surface area contributed by atoms with E-state index >= 15 is 0 Å². The molecule has 0 N–H and O–H groups in total. The Labute approximate surface area is 99.3 Å². The summed E-state index contributed by atoms with van der Waals surface area (Å²) in [4.78, 5) is 11.7. The zero-order chi connectivity index (χ0) is 11.9. The van der Waals surface area contributed by atoms with Crippen molar-refractivity contribution in [1.29, 1.82) is 0 Å². The van der Waals surface area contributed by atoms with E-state index < -0.39 is 0 Å². The van der Waals surface area contributed by atoms with Gasteiger partial charge < -0.3 is 0 Å². The molecule has 0 saturated heterocycles. The SMILES string of the molecule is C=C1CC[C@H](C(C)C)[C@@H]2[C@@H]1CC[C@H]2C(C)=O. The van der Waals surface area contributed by atoms with Crippen LogP contribution in [0.25, 0.3) is 0 Å². The van der Waals surface area contributed by atoms with Gasteiger partial charge in [0, 0.05) is 5.92 Å². The molecule has 0 radical (unpaired) electrons. The van der Waals surface area contributed by atoms with E-state index in [1.165, 1.54) is 24.8 Å². The third-order valence-corrected chi connectivity index (χ3v) is 4.91. The Kier molecular flexibility index (Phi) is 3.23. The second kappa shape index (κ2) is 4.35. The van der Waals surface area contributed by atoms with Crippen molar-refractivity contribution >= 4 is 5.78 Å². The fraction of sp³-hybridized carbons (Fsp3) is 0.800. The number of hydrogen-bond donors (Lipinski definition) is 0. The molecule has 0 spiro atoms. The number of rotatable bonds is 2. The number of allylic oxidation sites excluding steroid dienone is 1. The van der Waals surface area contributed by atoms with E-state index in [2.05, 4.69) is 20.4 Å². The van der Waals surface area contributed by atoms with E-state index in [9.17, 15) is 4.79 Å². The fourth-order valence-corrected chi connectivity index (χ4v) is 4.08. The Morgan fingerprint density at radius 2 is 2.00 bits per heavy atom. The van der Waals surface area contributed by atoms with Crippen LogP contribution in [0.1, 0.15) is 46.5 Å². The molecule has 1 heteroatoms. The lowest BCUT2D eigenvalue weighted by molar-refractivity contribution is -0.123. The van der Waals surface area contributed by atoms with Crippen LogP contribution >= 0.6 is 0 Å². The Bertz CT molecular complexity index is 297. The maximum Gasteiger partial charge on any atom is 0.133 e. The molecule has 2 aliphatic rings. The lowest BCUT2D eigenvalue weighted by Gasteiger charge is -2.40. The van der Waals surface area contributed by atoms with Crippen LogP contribution in [0.2, 0.25) is 0 Å². The topological polar surface area (TPSA) is 17.1 Å². The predicted molar refractivity (Wildman–Crippen MR) is 67.1 cm³/mol. The van der Waals surface area contributed by atoms with Crippen LogP contribution < -0.4 is 0 Å². The van der Waals surface area contributed by atoms with Crippen LogP contribution in [0, 0.1) is 29.6 Å². The lowest BCUT2D eigenvalue weighted by atomic mass is 9.64. The first-order chi connectivity index (χ1) is 7.52. The number of Topliss-reactive ketones (excluding diaryl/α,β-unsaturated/α-hetero) is 1. The van der Waals surface area contributed by atoms with Crippen molar-refractivity contribution < 1.29 is 4.79 Å². The van der Waals surface area contributed by atoms with Crippen LogP contribution in [0.3, 0.4) is 0 Å². The number of ketones is 1. The maximum absolute atomic E-state index is 11.7. The van der Waals surface area contributed by atoms with Crippen molar-refractivity contribution in [2.24, 2.45) is 29.6 Å². The minimum Gasteiger partial charge on any atom is -0.300 e. The molecular formula is C15H24O. The molecule has 0 heterocycles. The molecule has 0 unspecified atom stereocenters. The molecule has 16 heavy (non-hydrogen) atoms. The molecule has 90 valence electrons. The highest BCUT2D eigenvalue weighted by atomic mass is 16.1. The molecule has 0 aromatic heterocycles. The first-order valence-corrected chi connectivity index (χ1v) is 6.70. The van der Waals surface area contributed by atoms with Crippen LogP contribution in [0.5, 0.6) is 0 Å². The van der Waals surface area contributed by atoms with Gasteiger partial charge in [-0.2, -0.15) is 0 Å². The first-order valence-electron chi connectivity index (χ1n) is 6.70. The molecule has 0 aliphatic heterocycles. The second-order valence-corrected chi connectivity index (χ2v) is 6.08.